The van der Waals surface area contributed by atoms with E-state index < -0.39 is 48.8 Å². The van der Waals surface area contributed by atoms with E-state index in [2.05, 4.69) is 3.07 Å². The molecule has 0 amide bonds. The van der Waals surface area contributed by atoms with E-state index in [1.807, 2.05) is 0 Å². The second-order valence-corrected chi connectivity index (χ2v) is 4.69. The lowest BCUT2D eigenvalue weighted by atomic mass is 9.93. The highest BCUT2D eigenvalue weighted by Crippen LogP contribution is 2.60. The molecule has 0 aromatic carbocycles. The van der Waals surface area contributed by atoms with Gasteiger partial charge in [0.05, 0.1) is 6.61 Å². The van der Waals surface area contributed by atoms with E-state index in [4.69, 9.17) is 0 Å². The number of hydrogen-bond acceptors (Lipinski definition) is 1. The zero-order chi connectivity index (χ0) is 19.1. The number of rotatable bonds is 7. The van der Waals surface area contributed by atoms with E-state index in [0.717, 1.165) is 23.0 Å². The van der Waals surface area contributed by atoms with Gasteiger partial charge in [0.25, 0.3) is 0 Å². The Labute approximate surface area is 132 Å². The molecule has 15 heteroatoms. The molecule has 0 fully saturated rings. The average Bonchev–Trinajstić information content (AvgIpc) is 2.34. The predicted octanol–water partition coefficient (Wildman–Crippen LogP) is 5.48. The van der Waals surface area contributed by atoms with Crippen molar-refractivity contribution in [3.63, 3.8) is 0 Å². The van der Waals surface area contributed by atoms with Crippen LogP contribution in [-0.4, -0.2) is 42.4 Å². The summed E-state index contributed by atoms with van der Waals surface area (Å²) in [6, 6.07) is 0. The van der Waals surface area contributed by atoms with Crippen LogP contribution in [0, 0.1) is 0 Å². The van der Waals surface area contributed by atoms with Gasteiger partial charge < -0.3 is 3.07 Å². The summed E-state index contributed by atoms with van der Waals surface area (Å²) in [4.78, 5) is 0. The largest absolute Gasteiger partial charge is 0.460 e. The molecule has 0 aliphatic carbocycles. The minimum absolute atomic E-state index is 0.833. The summed E-state index contributed by atoms with van der Waals surface area (Å²) in [7, 11) is 0. The van der Waals surface area contributed by atoms with Crippen LogP contribution in [0.15, 0.2) is 0 Å². The lowest BCUT2D eigenvalue weighted by Gasteiger charge is -2.39. The Morgan fingerprint density at radius 2 is 0.913 bits per heavy atom. The standard InChI is InChI=1S/C8H4F13IO/c9-3(10,1-2-23-22)4(11,12)5(13,14)6(15,16)7(17,18)8(19,20)21/h1-2H2. The summed E-state index contributed by atoms with van der Waals surface area (Å²) in [6.07, 6.45) is -9.73. The number of alkyl halides is 13. The average molecular weight is 490 g/mol. The van der Waals surface area contributed by atoms with E-state index in [9.17, 15) is 57.1 Å². The van der Waals surface area contributed by atoms with E-state index in [0.29, 0.717) is 0 Å². The van der Waals surface area contributed by atoms with Crippen LogP contribution in [0.4, 0.5) is 57.1 Å². The van der Waals surface area contributed by atoms with Crippen LogP contribution in [-0.2, 0) is 3.07 Å². The molecule has 0 radical (unpaired) electrons. The molecule has 0 aliphatic rings. The Morgan fingerprint density at radius 3 is 1.22 bits per heavy atom. The third kappa shape index (κ3) is 3.44. The molecule has 0 bridgehead atoms. The molecule has 0 unspecified atom stereocenters. The Hall–Kier alpha value is -0.220. The highest BCUT2D eigenvalue weighted by atomic mass is 127. The first-order valence-corrected chi connectivity index (χ1v) is 5.88. The van der Waals surface area contributed by atoms with Crippen LogP contribution >= 0.6 is 23.0 Å². The van der Waals surface area contributed by atoms with Crippen LogP contribution in [0.25, 0.3) is 0 Å². The third-order valence-corrected chi connectivity index (χ3v) is 2.93. The van der Waals surface area contributed by atoms with Gasteiger partial charge >= 0.3 is 35.8 Å². The fourth-order valence-corrected chi connectivity index (χ4v) is 1.35. The van der Waals surface area contributed by atoms with Gasteiger partial charge in [-0.2, -0.15) is 57.1 Å². The van der Waals surface area contributed by atoms with Crippen molar-refractivity contribution in [1.29, 1.82) is 0 Å². The highest BCUT2D eigenvalue weighted by molar-refractivity contribution is 14.1. The second-order valence-electron chi connectivity index (χ2n) is 4.06. The maximum atomic E-state index is 13.0. The van der Waals surface area contributed by atoms with Crippen molar-refractivity contribution in [2.24, 2.45) is 0 Å². The van der Waals surface area contributed by atoms with Crippen molar-refractivity contribution in [1.82, 2.24) is 0 Å². The van der Waals surface area contributed by atoms with Crippen molar-refractivity contribution in [3.8, 4) is 0 Å². The molecule has 0 saturated carbocycles. The first-order chi connectivity index (χ1) is 9.81. The van der Waals surface area contributed by atoms with Gasteiger partial charge in [-0.25, -0.2) is 0 Å². The van der Waals surface area contributed by atoms with Crippen LogP contribution in [0.2, 0.25) is 0 Å². The van der Waals surface area contributed by atoms with Crippen molar-refractivity contribution < 1.29 is 60.1 Å². The summed E-state index contributed by atoms with van der Waals surface area (Å²) in [5.74, 6) is -36.6. The monoisotopic (exact) mass is 490 g/mol. The minimum atomic E-state index is -7.85. The summed E-state index contributed by atoms with van der Waals surface area (Å²) in [5, 5.41) is 0. The van der Waals surface area contributed by atoms with Crippen LogP contribution in [0.5, 0.6) is 0 Å². The summed E-state index contributed by atoms with van der Waals surface area (Å²) >= 11 is 0.833. The minimum Gasteiger partial charge on any atom is -0.316 e. The summed E-state index contributed by atoms with van der Waals surface area (Å²) in [6.45, 7) is -1.40. The number of hydrogen-bond donors (Lipinski definition) is 0. The third-order valence-electron chi connectivity index (χ3n) is 2.49. The lowest BCUT2D eigenvalue weighted by molar-refractivity contribution is -0.440. The molecule has 0 saturated heterocycles. The quantitative estimate of drug-likeness (QED) is 0.340. The number of halogens is 14. The summed E-state index contributed by atoms with van der Waals surface area (Å²) < 4.78 is 167. The maximum Gasteiger partial charge on any atom is 0.460 e. The van der Waals surface area contributed by atoms with Gasteiger partial charge in [0.15, 0.2) is 0 Å². The molecule has 0 atom stereocenters. The fraction of sp³-hybridized carbons (Fsp3) is 1.00. The van der Waals surface area contributed by atoms with Crippen LogP contribution in [0.1, 0.15) is 6.42 Å². The Morgan fingerprint density at radius 1 is 0.565 bits per heavy atom. The molecule has 0 aliphatic heterocycles. The van der Waals surface area contributed by atoms with E-state index in [-0.39, 0.29) is 0 Å². The molecule has 0 aromatic heterocycles. The Kier molecular flexibility index (Phi) is 6.19. The summed E-state index contributed by atoms with van der Waals surface area (Å²) in [5.41, 5.74) is 0. The normalized spacial score (nSPS) is 15.9. The highest BCUT2D eigenvalue weighted by Gasteiger charge is 2.90. The second kappa shape index (κ2) is 6.25. The molecule has 0 rings (SSSR count). The lowest BCUT2D eigenvalue weighted by Crippen LogP contribution is -2.70. The van der Waals surface area contributed by atoms with Crippen molar-refractivity contribution >= 4 is 23.0 Å². The SMILES string of the molecule is FC(F)(F)C(F)(F)C(F)(F)C(F)(F)C(F)(F)C(F)(F)CCOI. The molecular formula is C8H4F13IO. The van der Waals surface area contributed by atoms with Crippen molar-refractivity contribution in [2.45, 2.75) is 42.2 Å². The molecule has 23 heavy (non-hydrogen) atoms. The van der Waals surface area contributed by atoms with Gasteiger partial charge in [0, 0.05) is 6.42 Å². The molecule has 1 nitrogen and oxygen atoms in total. The van der Waals surface area contributed by atoms with Gasteiger partial charge in [-0.1, -0.05) is 0 Å². The van der Waals surface area contributed by atoms with E-state index in [1.165, 1.54) is 0 Å². The smallest absolute Gasteiger partial charge is 0.316 e. The van der Waals surface area contributed by atoms with Gasteiger partial charge in [0.2, 0.25) is 0 Å². The molecule has 0 spiro atoms. The van der Waals surface area contributed by atoms with Gasteiger partial charge in [-0.05, 0) is 0 Å². The zero-order valence-corrected chi connectivity index (χ0v) is 12.3. The molecule has 140 valence electrons. The first kappa shape index (κ1) is 22.8. The fourth-order valence-electron chi connectivity index (χ4n) is 1.13. The van der Waals surface area contributed by atoms with Crippen molar-refractivity contribution in [2.75, 3.05) is 6.61 Å². The van der Waals surface area contributed by atoms with Gasteiger partial charge in [-0.3, -0.25) is 0 Å². The van der Waals surface area contributed by atoms with Crippen molar-refractivity contribution in [3.05, 3.63) is 0 Å². The molecule has 0 heterocycles. The van der Waals surface area contributed by atoms with Crippen LogP contribution in [0.3, 0.4) is 0 Å². The molecule has 0 aromatic rings. The Balaban J connectivity index is 6.03. The zero-order valence-electron chi connectivity index (χ0n) is 10.1. The Bertz CT molecular complexity index is 415. The van der Waals surface area contributed by atoms with Crippen LogP contribution < -0.4 is 0 Å². The van der Waals surface area contributed by atoms with Gasteiger partial charge in [0.1, 0.15) is 23.0 Å². The maximum absolute atomic E-state index is 13.0. The first-order valence-electron chi connectivity index (χ1n) is 5.00. The van der Waals surface area contributed by atoms with E-state index >= 15 is 0 Å². The predicted molar refractivity (Wildman–Crippen MR) is 55.4 cm³/mol. The van der Waals surface area contributed by atoms with E-state index in [1.54, 1.807) is 0 Å². The van der Waals surface area contributed by atoms with Gasteiger partial charge in [-0.15, -0.1) is 0 Å². The molecular weight excluding hydrogens is 486 g/mol. The molecule has 0 N–H and O–H groups in total. The topological polar surface area (TPSA) is 9.23 Å².